The third-order valence-corrected chi connectivity index (χ3v) is 3.43. The number of nitrogen functional groups attached to an aromatic ring is 1. The lowest BCUT2D eigenvalue weighted by atomic mass is 9.90. The third-order valence-electron chi connectivity index (χ3n) is 3.43. The van der Waals surface area contributed by atoms with E-state index in [1.165, 1.54) is 38.4 Å². The fourth-order valence-electron chi connectivity index (χ4n) is 2.34. The van der Waals surface area contributed by atoms with E-state index >= 15 is 0 Å². The highest BCUT2D eigenvalue weighted by Gasteiger charge is 2.16. The van der Waals surface area contributed by atoms with Crippen LogP contribution in [-0.2, 0) is 0 Å². The Morgan fingerprint density at radius 1 is 1.16 bits per heavy atom. The maximum absolute atomic E-state index is 5.96. The Labute approximate surface area is 114 Å². The average molecular weight is 265 g/mol. The van der Waals surface area contributed by atoms with Crippen LogP contribution in [0.1, 0.15) is 45.4 Å². The molecule has 2 N–H and O–H groups in total. The molecule has 1 heterocycles. The van der Waals surface area contributed by atoms with Gasteiger partial charge < -0.3 is 15.2 Å². The summed E-state index contributed by atoms with van der Waals surface area (Å²) in [6.45, 7) is 3.33. The van der Waals surface area contributed by atoms with Gasteiger partial charge in [0.05, 0.1) is 13.2 Å². The van der Waals surface area contributed by atoms with Crippen molar-refractivity contribution >= 4 is 5.69 Å². The highest BCUT2D eigenvalue weighted by atomic mass is 16.5. The highest BCUT2D eigenvalue weighted by Crippen LogP contribution is 2.29. The van der Waals surface area contributed by atoms with E-state index in [0.29, 0.717) is 36.6 Å². The lowest BCUT2D eigenvalue weighted by Crippen LogP contribution is -2.16. The highest BCUT2D eigenvalue weighted by molar-refractivity contribution is 5.55. The molecule has 1 aromatic heterocycles. The Morgan fingerprint density at radius 3 is 2.53 bits per heavy atom. The minimum Gasteiger partial charge on any atom is -0.476 e. The van der Waals surface area contributed by atoms with Gasteiger partial charge in [0.15, 0.2) is 5.69 Å². The fraction of sp³-hybridized carbons (Fsp3) is 0.714. The first-order valence-electron chi connectivity index (χ1n) is 7.17. The Bertz CT molecular complexity index is 392. The topological polar surface area (TPSA) is 70.3 Å². The van der Waals surface area contributed by atoms with E-state index in [1.807, 2.05) is 6.92 Å². The summed E-state index contributed by atoms with van der Waals surface area (Å²) in [4.78, 5) is 8.13. The van der Waals surface area contributed by atoms with Crippen LogP contribution in [0.25, 0.3) is 0 Å². The molecule has 1 aliphatic rings. The van der Waals surface area contributed by atoms with E-state index in [2.05, 4.69) is 9.97 Å². The molecule has 0 radical (unpaired) electrons. The number of hydrogen-bond donors (Lipinski definition) is 1. The summed E-state index contributed by atoms with van der Waals surface area (Å²) in [5, 5.41) is 0. The van der Waals surface area contributed by atoms with Gasteiger partial charge in [-0.3, -0.25) is 0 Å². The maximum Gasteiger partial charge on any atom is 0.244 e. The van der Waals surface area contributed by atoms with Crippen LogP contribution in [0, 0.1) is 5.92 Å². The monoisotopic (exact) mass is 265 g/mol. The van der Waals surface area contributed by atoms with Gasteiger partial charge in [-0.1, -0.05) is 26.2 Å². The zero-order valence-corrected chi connectivity index (χ0v) is 11.6. The van der Waals surface area contributed by atoms with Crippen LogP contribution in [0.5, 0.6) is 11.8 Å². The molecule has 0 amide bonds. The summed E-state index contributed by atoms with van der Waals surface area (Å²) < 4.78 is 11.2. The van der Waals surface area contributed by atoms with Gasteiger partial charge in [-0.2, -0.15) is 9.97 Å². The summed E-state index contributed by atoms with van der Waals surface area (Å²) in [7, 11) is 0. The molecular formula is C14H23N3O2. The van der Waals surface area contributed by atoms with Crippen LogP contribution in [0.15, 0.2) is 6.33 Å². The molecule has 0 saturated heterocycles. The second kappa shape index (κ2) is 7.16. The van der Waals surface area contributed by atoms with Crippen LogP contribution in [0.3, 0.4) is 0 Å². The van der Waals surface area contributed by atoms with Crippen molar-refractivity contribution in [3.8, 4) is 11.8 Å². The summed E-state index contributed by atoms with van der Waals surface area (Å²) in [6, 6.07) is 0. The zero-order valence-electron chi connectivity index (χ0n) is 11.6. The molecule has 1 aliphatic carbocycles. The predicted octanol–water partition coefficient (Wildman–Crippen LogP) is 2.81. The van der Waals surface area contributed by atoms with E-state index < -0.39 is 0 Å². The molecule has 5 heteroatoms. The predicted molar refractivity (Wildman–Crippen MR) is 74.3 cm³/mol. The number of ether oxygens (including phenoxy) is 2. The van der Waals surface area contributed by atoms with Crippen molar-refractivity contribution in [1.82, 2.24) is 9.97 Å². The quantitative estimate of drug-likeness (QED) is 0.856. The van der Waals surface area contributed by atoms with Gasteiger partial charge in [0.2, 0.25) is 11.8 Å². The molecule has 1 aromatic rings. The second-order valence-corrected chi connectivity index (χ2v) is 5.06. The minimum absolute atomic E-state index is 0.409. The molecule has 0 aliphatic heterocycles. The molecule has 0 atom stereocenters. The van der Waals surface area contributed by atoms with E-state index in [1.54, 1.807) is 0 Å². The standard InChI is InChI=1S/C14H23N3O2/c1-2-8-18-13-12(15)14(17-10-16-13)19-9-11-6-4-3-5-7-11/h10-11H,2-9,15H2,1H3. The number of nitrogens with zero attached hydrogens (tertiary/aromatic N) is 2. The van der Waals surface area contributed by atoms with Gasteiger partial charge in [0, 0.05) is 0 Å². The summed E-state index contributed by atoms with van der Waals surface area (Å²) >= 11 is 0. The largest absolute Gasteiger partial charge is 0.476 e. The molecule has 19 heavy (non-hydrogen) atoms. The first-order chi connectivity index (χ1) is 9.31. The van der Waals surface area contributed by atoms with Crippen LogP contribution < -0.4 is 15.2 Å². The number of hydrogen-bond acceptors (Lipinski definition) is 5. The van der Waals surface area contributed by atoms with Crippen LogP contribution in [0.2, 0.25) is 0 Å². The lowest BCUT2D eigenvalue weighted by molar-refractivity contribution is 0.202. The zero-order chi connectivity index (χ0) is 13.5. The van der Waals surface area contributed by atoms with Gasteiger partial charge in [0.1, 0.15) is 6.33 Å². The summed E-state index contributed by atoms with van der Waals surface area (Å²) in [6.07, 6.45) is 8.80. The molecule has 106 valence electrons. The van der Waals surface area contributed by atoms with Gasteiger partial charge in [-0.05, 0) is 25.2 Å². The van der Waals surface area contributed by atoms with E-state index in [9.17, 15) is 0 Å². The Balaban J connectivity index is 1.91. The molecule has 1 saturated carbocycles. The van der Waals surface area contributed by atoms with Crippen molar-refractivity contribution in [2.45, 2.75) is 45.4 Å². The number of aromatic nitrogens is 2. The molecule has 5 nitrogen and oxygen atoms in total. The molecule has 2 rings (SSSR count). The van der Waals surface area contributed by atoms with Gasteiger partial charge in [-0.15, -0.1) is 0 Å². The molecule has 0 spiro atoms. The number of anilines is 1. The summed E-state index contributed by atoms with van der Waals surface area (Å²) in [5.74, 6) is 1.50. The lowest BCUT2D eigenvalue weighted by Gasteiger charge is -2.21. The van der Waals surface area contributed by atoms with Gasteiger partial charge in [0.25, 0.3) is 0 Å². The Hall–Kier alpha value is -1.52. The number of rotatable bonds is 6. The van der Waals surface area contributed by atoms with Crippen molar-refractivity contribution in [1.29, 1.82) is 0 Å². The van der Waals surface area contributed by atoms with Crippen molar-refractivity contribution in [2.75, 3.05) is 18.9 Å². The fourth-order valence-corrected chi connectivity index (χ4v) is 2.34. The molecule has 0 unspecified atom stereocenters. The molecule has 0 aromatic carbocycles. The smallest absolute Gasteiger partial charge is 0.244 e. The molecule has 1 fully saturated rings. The van der Waals surface area contributed by atoms with Gasteiger partial charge in [-0.25, -0.2) is 0 Å². The Morgan fingerprint density at radius 2 is 1.84 bits per heavy atom. The summed E-state index contributed by atoms with van der Waals surface area (Å²) in [5.41, 5.74) is 6.37. The number of nitrogens with two attached hydrogens (primary N) is 1. The van der Waals surface area contributed by atoms with Crippen LogP contribution in [0.4, 0.5) is 5.69 Å². The third kappa shape index (κ3) is 3.98. The van der Waals surface area contributed by atoms with Crippen molar-refractivity contribution in [3.05, 3.63) is 6.33 Å². The first-order valence-corrected chi connectivity index (χ1v) is 7.17. The van der Waals surface area contributed by atoms with Gasteiger partial charge >= 0.3 is 0 Å². The molecular weight excluding hydrogens is 242 g/mol. The minimum atomic E-state index is 0.409. The van der Waals surface area contributed by atoms with Crippen molar-refractivity contribution in [2.24, 2.45) is 5.92 Å². The SMILES string of the molecule is CCCOc1ncnc(OCC2CCCCC2)c1N. The van der Waals surface area contributed by atoms with E-state index in [-0.39, 0.29) is 0 Å². The van der Waals surface area contributed by atoms with Crippen molar-refractivity contribution < 1.29 is 9.47 Å². The van der Waals surface area contributed by atoms with E-state index in [4.69, 9.17) is 15.2 Å². The maximum atomic E-state index is 5.96. The van der Waals surface area contributed by atoms with Crippen molar-refractivity contribution in [3.63, 3.8) is 0 Å². The Kier molecular flexibility index (Phi) is 5.24. The second-order valence-electron chi connectivity index (χ2n) is 5.06. The van der Waals surface area contributed by atoms with Crippen LogP contribution >= 0.6 is 0 Å². The first kappa shape index (κ1) is 13.9. The molecule has 0 bridgehead atoms. The average Bonchev–Trinajstić information content (AvgIpc) is 2.46. The van der Waals surface area contributed by atoms with Crippen LogP contribution in [-0.4, -0.2) is 23.2 Å². The van der Waals surface area contributed by atoms with E-state index in [0.717, 1.165) is 6.42 Å². The normalized spacial score (nSPS) is 16.3.